The predicted molar refractivity (Wildman–Crippen MR) is 67.8 cm³/mol. The molecule has 1 aromatic rings. The minimum Gasteiger partial charge on any atom is -0.380 e. The fourth-order valence-electron chi connectivity index (χ4n) is 2.29. The van der Waals surface area contributed by atoms with Gasteiger partial charge >= 0.3 is 0 Å². The highest BCUT2D eigenvalue weighted by Crippen LogP contribution is 2.29. The van der Waals surface area contributed by atoms with E-state index < -0.39 is 0 Å². The van der Waals surface area contributed by atoms with Gasteiger partial charge in [0.15, 0.2) is 0 Å². The zero-order valence-corrected chi connectivity index (χ0v) is 10.7. The molecule has 1 aliphatic heterocycles. The van der Waals surface area contributed by atoms with Gasteiger partial charge in [0.05, 0.1) is 17.4 Å². The van der Waals surface area contributed by atoms with Crippen LogP contribution in [0.15, 0.2) is 18.2 Å². The molecule has 94 valence electrons. The fourth-order valence-corrected chi connectivity index (χ4v) is 2.29. The van der Waals surface area contributed by atoms with Crippen molar-refractivity contribution in [2.24, 2.45) is 0 Å². The van der Waals surface area contributed by atoms with Crippen molar-refractivity contribution >= 4 is 5.69 Å². The molecule has 2 rings (SSSR count). The summed E-state index contributed by atoms with van der Waals surface area (Å²) in [6, 6.07) is 5.12. The lowest BCUT2D eigenvalue weighted by Gasteiger charge is -2.20. The van der Waals surface area contributed by atoms with Gasteiger partial charge in [0.2, 0.25) is 0 Å². The topological polar surface area (TPSA) is 21.3 Å². The van der Waals surface area contributed by atoms with Crippen LogP contribution in [0.1, 0.15) is 32.3 Å². The molecular weight excluding hydrogens is 217 g/mol. The monoisotopic (exact) mass is 237 g/mol. The quantitative estimate of drug-likeness (QED) is 0.868. The molecule has 0 radical (unpaired) electrons. The Morgan fingerprint density at radius 3 is 2.82 bits per heavy atom. The van der Waals surface area contributed by atoms with E-state index in [1.165, 1.54) is 6.07 Å². The van der Waals surface area contributed by atoms with Crippen molar-refractivity contribution in [1.29, 1.82) is 0 Å². The molecule has 0 aliphatic carbocycles. The zero-order chi connectivity index (χ0) is 12.5. The predicted octanol–water partition coefficient (Wildman–Crippen LogP) is 3.50. The number of anilines is 1. The molecule has 1 aliphatic rings. The van der Waals surface area contributed by atoms with Crippen molar-refractivity contribution < 1.29 is 9.13 Å². The summed E-state index contributed by atoms with van der Waals surface area (Å²) in [5.74, 6) is -0.192. The second kappa shape index (κ2) is 4.65. The number of ether oxygens (including phenoxy) is 1. The van der Waals surface area contributed by atoms with Crippen molar-refractivity contribution in [3.63, 3.8) is 0 Å². The summed E-state index contributed by atoms with van der Waals surface area (Å²) < 4.78 is 19.4. The van der Waals surface area contributed by atoms with Gasteiger partial charge in [-0.25, -0.2) is 4.39 Å². The van der Waals surface area contributed by atoms with E-state index in [4.69, 9.17) is 4.74 Å². The molecule has 1 heterocycles. The third-order valence-corrected chi connectivity index (χ3v) is 3.28. The maximum atomic E-state index is 13.6. The minimum absolute atomic E-state index is 0.0311. The summed E-state index contributed by atoms with van der Waals surface area (Å²) in [7, 11) is 0. The van der Waals surface area contributed by atoms with Crippen molar-refractivity contribution in [1.82, 2.24) is 0 Å². The van der Waals surface area contributed by atoms with Gasteiger partial charge in [0.1, 0.15) is 5.82 Å². The molecule has 1 atom stereocenters. The van der Waals surface area contributed by atoms with Crippen molar-refractivity contribution in [3.05, 3.63) is 29.6 Å². The number of aryl methyl sites for hydroxylation is 1. The maximum Gasteiger partial charge on any atom is 0.146 e. The van der Waals surface area contributed by atoms with Gasteiger partial charge < -0.3 is 10.1 Å². The summed E-state index contributed by atoms with van der Waals surface area (Å²) in [4.78, 5) is 0. The van der Waals surface area contributed by atoms with Gasteiger partial charge in [-0.3, -0.25) is 0 Å². The van der Waals surface area contributed by atoms with Crippen LogP contribution < -0.4 is 5.32 Å². The molecule has 1 fully saturated rings. The number of benzene rings is 1. The molecule has 17 heavy (non-hydrogen) atoms. The normalized spacial score (nSPS) is 22.7. The Kier molecular flexibility index (Phi) is 3.38. The molecule has 0 bridgehead atoms. The van der Waals surface area contributed by atoms with Crippen LogP contribution in [0.2, 0.25) is 0 Å². The smallest absolute Gasteiger partial charge is 0.146 e. The fraction of sp³-hybridized carbons (Fsp3) is 0.571. The summed E-state index contributed by atoms with van der Waals surface area (Å²) >= 11 is 0. The van der Waals surface area contributed by atoms with E-state index >= 15 is 0 Å². The third-order valence-electron chi connectivity index (χ3n) is 3.28. The van der Waals surface area contributed by atoms with Gasteiger partial charge in [0.25, 0.3) is 0 Å². The first-order valence-corrected chi connectivity index (χ1v) is 6.15. The van der Waals surface area contributed by atoms with Crippen molar-refractivity contribution in [2.45, 2.75) is 45.3 Å². The molecular formula is C14H20FNO. The van der Waals surface area contributed by atoms with Crippen LogP contribution in [-0.2, 0) is 4.74 Å². The van der Waals surface area contributed by atoms with E-state index in [0.717, 1.165) is 18.4 Å². The Morgan fingerprint density at radius 1 is 1.47 bits per heavy atom. The summed E-state index contributed by atoms with van der Waals surface area (Å²) in [6.45, 7) is 6.78. The average Bonchev–Trinajstić information content (AvgIpc) is 2.57. The highest BCUT2D eigenvalue weighted by atomic mass is 19.1. The largest absolute Gasteiger partial charge is 0.380 e. The van der Waals surface area contributed by atoms with Crippen LogP contribution in [0, 0.1) is 12.7 Å². The first-order chi connectivity index (χ1) is 7.98. The van der Waals surface area contributed by atoms with Crippen LogP contribution >= 0.6 is 0 Å². The van der Waals surface area contributed by atoms with Gasteiger partial charge in [-0.05, 0) is 45.2 Å². The molecule has 0 aromatic heterocycles. The molecule has 1 saturated heterocycles. The second-order valence-corrected chi connectivity index (χ2v) is 5.35. The second-order valence-electron chi connectivity index (χ2n) is 5.35. The van der Waals surface area contributed by atoms with Crippen LogP contribution in [0.25, 0.3) is 0 Å². The van der Waals surface area contributed by atoms with E-state index in [1.54, 1.807) is 6.07 Å². The van der Waals surface area contributed by atoms with Crippen LogP contribution in [0.4, 0.5) is 10.1 Å². The minimum atomic E-state index is -0.192. The number of nitrogens with one attached hydrogen (secondary N) is 1. The molecule has 1 N–H and O–H groups in total. The van der Waals surface area contributed by atoms with Crippen molar-refractivity contribution in [2.75, 3.05) is 11.9 Å². The first kappa shape index (κ1) is 12.4. The van der Waals surface area contributed by atoms with Crippen LogP contribution in [0.3, 0.4) is 0 Å². The third kappa shape index (κ3) is 2.97. The van der Waals surface area contributed by atoms with Crippen molar-refractivity contribution in [3.8, 4) is 0 Å². The zero-order valence-electron chi connectivity index (χ0n) is 10.7. The van der Waals surface area contributed by atoms with E-state index in [-0.39, 0.29) is 17.5 Å². The molecule has 1 unspecified atom stereocenters. The molecule has 0 amide bonds. The standard InChI is InChI=1S/C14H20FNO/c1-10-5-4-6-12(15)13(10)16-9-11-7-8-14(2,3)17-11/h4-6,11,16H,7-9H2,1-3H3. The molecule has 3 heteroatoms. The molecule has 0 saturated carbocycles. The SMILES string of the molecule is Cc1cccc(F)c1NCC1CCC(C)(C)O1. The number of hydrogen-bond donors (Lipinski definition) is 1. The maximum absolute atomic E-state index is 13.6. The van der Waals surface area contributed by atoms with Gasteiger partial charge in [-0.2, -0.15) is 0 Å². The Bertz CT molecular complexity index is 383. The Balaban J connectivity index is 1.95. The Hall–Kier alpha value is -1.09. The highest BCUT2D eigenvalue weighted by Gasteiger charge is 2.31. The number of halogens is 1. The van der Waals surface area contributed by atoms with Gasteiger partial charge in [0, 0.05) is 6.54 Å². The van der Waals surface area contributed by atoms with E-state index in [2.05, 4.69) is 19.2 Å². The molecule has 2 nitrogen and oxygen atoms in total. The lowest BCUT2D eigenvalue weighted by Crippen LogP contribution is -2.25. The lowest BCUT2D eigenvalue weighted by molar-refractivity contribution is -0.00912. The lowest BCUT2D eigenvalue weighted by atomic mass is 10.1. The number of hydrogen-bond acceptors (Lipinski definition) is 2. The summed E-state index contributed by atoms with van der Waals surface area (Å²) in [5.41, 5.74) is 1.50. The summed E-state index contributed by atoms with van der Waals surface area (Å²) in [5, 5.41) is 3.16. The van der Waals surface area contributed by atoms with Gasteiger partial charge in [-0.1, -0.05) is 12.1 Å². The van der Waals surface area contributed by atoms with E-state index in [9.17, 15) is 4.39 Å². The van der Waals surface area contributed by atoms with Crippen LogP contribution in [0.5, 0.6) is 0 Å². The van der Waals surface area contributed by atoms with Gasteiger partial charge in [-0.15, -0.1) is 0 Å². The number of para-hydroxylation sites is 1. The van der Waals surface area contributed by atoms with Crippen LogP contribution in [-0.4, -0.2) is 18.2 Å². The van der Waals surface area contributed by atoms with E-state index in [0.29, 0.717) is 12.2 Å². The Labute approximate surface area is 102 Å². The molecule has 1 aromatic carbocycles. The molecule has 0 spiro atoms. The Morgan fingerprint density at radius 2 is 2.24 bits per heavy atom. The van der Waals surface area contributed by atoms with E-state index in [1.807, 2.05) is 13.0 Å². The first-order valence-electron chi connectivity index (χ1n) is 6.15. The highest BCUT2D eigenvalue weighted by molar-refractivity contribution is 5.51. The summed E-state index contributed by atoms with van der Waals surface area (Å²) in [6.07, 6.45) is 2.28. The average molecular weight is 237 g/mol. The number of rotatable bonds is 3.